The summed E-state index contributed by atoms with van der Waals surface area (Å²) in [6.45, 7) is 1.32. The number of nitrogens with one attached hydrogen (secondary N) is 1. The fourth-order valence-electron chi connectivity index (χ4n) is 3.04. The van der Waals surface area contributed by atoms with Crippen LogP contribution in [0.1, 0.15) is 21.3 Å². The second-order valence-electron chi connectivity index (χ2n) is 6.87. The summed E-state index contributed by atoms with van der Waals surface area (Å²) in [5, 5.41) is 3.21. The zero-order valence-corrected chi connectivity index (χ0v) is 20.1. The molecule has 2 heterocycles. The molecule has 1 amide bonds. The van der Waals surface area contributed by atoms with E-state index in [4.69, 9.17) is 28.9 Å². The maximum atomic E-state index is 12.2. The number of thiazole rings is 1. The monoisotopic (exact) mass is 516 g/mol. The third kappa shape index (κ3) is 6.43. The number of sulfonamides is 1. The summed E-state index contributed by atoms with van der Waals surface area (Å²) in [7, 11) is -3.64. The van der Waals surface area contributed by atoms with Crippen molar-refractivity contribution in [1.82, 2.24) is 4.98 Å². The predicted octanol–water partition coefficient (Wildman–Crippen LogP) is 5.06. The first kappa shape index (κ1) is 24.5. The summed E-state index contributed by atoms with van der Waals surface area (Å²) in [6, 6.07) is 11.9. The van der Waals surface area contributed by atoms with Crippen molar-refractivity contribution in [3.63, 3.8) is 0 Å². The highest BCUT2D eigenvalue weighted by atomic mass is 35.5. The van der Waals surface area contributed by atoms with Gasteiger partial charge in [0.1, 0.15) is 0 Å². The highest BCUT2D eigenvalue weighted by molar-refractivity contribution is 7.93. The minimum absolute atomic E-state index is 0. The lowest BCUT2D eigenvalue weighted by Gasteiger charge is -2.16. The molecule has 1 fully saturated rings. The molecule has 0 radical (unpaired) electrons. The molecule has 0 bridgehead atoms. The van der Waals surface area contributed by atoms with Gasteiger partial charge in [0.05, 0.1) is 14.9 Å². The van der Waals surface area contributed by atoms with Crippen LogP contribution < -0.4 is 15.4 Å². The number of hydrogen-bond donors (Lipinski definition) is 2. The van der Waals surface area contributed by atoms with Crippen LogP contribution in [0.2, 0.25) is 10.0 Å². The largest absolute Gasteiger partial charge is 0.330 e. The second kappa shape index (κ2) is 11.1. The quantitative estimate of drug-likeness (QED) is 0.476. The van der Waals surface area contributed by atoms with Crippen LogP contribution >= 0.6 is 34.5 Å². The van der Waals surface area contributed by atoms with E-state index >= 15 is 0 Å². The third-order valence-electron chi connectivity index (χ3n) is 4.60. The maximum Gasteiger partial charge on any atom is 0.263 e. The van der Waals surface area contributed by atoms with E-state index in [2.05, 4.69) is 9.71 Å². The van der Waals surface area contributed by atoms with Gasteiger partial charge in [-0.15, -0.1) is 11.3 Å². The lowest BCUT2D eigenvalue weighted by atomic mass is 10.1. The summed E-state index contributed by atoms with van der Waals surface area (Å²) in [5.41, 5.74) is 7.23. The first-order valence-electron chi connectivity index (χ1n) is 9.77. The minimum atomic E-state index is -3.64. The second-order valence-corrected chi connectivity index (χ2v) is 10.3. The Kier molecular flexibility index (Phi) is 8.50. The molecule has 1 aliphatic rings. The first-order chi connectivity index (χ1) is 15.3. The number of carbonyl (C=O) groups is 1. The van der Waals surface area contributed by atoms with E-state index in [0.717, 1.165) is 24.1 Å². The Hall–Kier alpha value is -2.17. The summed E-state index contributed by atoms with van der Waals surface area (Å²) in [6.07, 6.45) is 3.76. The Morgan fingerprint density at radius 3 is 2.47 bits per heavy atom. The number of rotatable bonds is 6. The van der Waals surface area contributed by atoms with Crippen molar-refractivity contribution in [3.8, 4) is 0 Å². The Bertz CT molecular complexity index is 1170. The van der Waals surface area contributed by atoms with Crippen LogP contribution in [0.5, 0.6) is 0 Å². The van der Waals surface area contributed by atoms with Crippen LogP contribution in [0.15, 0.2) is 58.9 Å². The number of halogens is 2. The topological polar surface area (TPSA) is 105 Å². The van der Waals surface area contributed by atoms with Crippen molar-refractivity contribution in [2.75, 3.05) is 22.7 Å². The van der Waals surface area contributed by atoms with E-state index in [9.17, 15) is 13.2 Å². The number of aromatic nitrogens is 1. The molecule has 4 rings (SSSR count). The molecule has 0 saturated carbocycles. The van der Waals surface area contributed by atoms with Gasteiger partial charge in [0.2, 0.25) is 5.91 Å². The lowest BCUT2D eigenvalue weighted by molar-refractivity contribution is -0.117. The highest BCUT2D eigenvalue weighted by Gasteiger charge is 2.22. The zero-order valence-electron chi connectivity index (χ0n) is 17.0. The van der Waals surface area contributed by atoms with Crippen LogP contribution in [0.4, 0.5) is 10.8 Å². The van der Waals surface area contributed by atoms with Gasteiger partial charge in [0.25, 0.3) is 10.0 Å². The molecule has 1 aromatic heterocycles. The molecule has 2 aromatic carbocycles. The van der Waals surface area contributed by atoms with Gasteiger partial charge in [-0.25, -0.2) is 13.4 Å². The van der Waals surface area contributed by atoms with Gasteiger partial charge >= 0.3 is 0 Å². The molecule has 0 unspecified atom stereocenters. The summed E-state index contributed by atoms with van der Waals surface area (Å²) < 4.78 is 26.8. The standard InChI is InChI=1S/C13H13N3O3S2.C8H9Cl2N.2H2/c17-12-2-1-8-16(12)10-3-5-11(6-4-10)21(18,19)15-13-14-7-9-20-13;9-7-2-1-6(3-4-11)5-8(7)10;;/h3-7,9H,1-2,8H2,(H,14,15);1-2,5H,3-4,11H2;2*1H. The van der Waals surface area contributed by atoms with E-state index in [-0.39, 0.29) is 13.7 Å². The van der Waals surface area contributed by atoms with E-state index < -0.39 is 10.0 Å². The Morgan fingerprint density at radius 1 is 1.16 bits per heavy atom. The lowest BCUT2D eigenvalue weighted by Crippen LogP contribution is -2.23. The van der Waals surface area contributed by atoms with Gasteiger partial charge in [0.15, 0.2) is 5.13 Å². The number of benzene rings is 2. The molecule has 11 heteroatoms. The molecule has 0 aliphatic carbocycles. The Labute approximate surface area is 204 Å². The Morgan fingerprint density at radius 2 is 1.91 bits per heavy atom. The molecular weight excluding hydrogens is 491 g/mol. The van der Waals surface area contributed by atoms with Crippen LogP contribution in [0.3, 0.4) is 0 Å². The smallest absolute Gasteiger partial charge is 0.263 e. The van der Waals surface area contributed by atoms with Gasteiger partial charge in [-0.1, -0.05) is 29.3 Å². The van der Waals surface area contributed by atoms with Gasteiger partial charge < -0.3 is 10.6 Å². The summed E-state index contributed by atoms with van der Waals surface area (Å²) >= 11 is 12.7. The van der Waals surface area contributed by atoms with Crippen LogP contribution in [-0.2, 0) is 21.2 Å². The van der Waals surface area contributed by atoms with Crippen molar-refractivity contribution in [2.45, 2.75) is 24.2 Å². The molecule has 3 N–H and O–H groups in total. The molecule has 0 atom stereocenters. The highest BCUT2D eigenvalue weighted by Crippen LogP contribution is 2.24. The van der Waals surface area contributed by atoms with Crippen LogP contribution in [0.25, 0.3) is 0 Å². The molecule has 1 saturated heterocycles. The summed E-state index contributed by atoms with van der Waals surface area (Å²) in [4.78, 5) is 17.4. The fraction of sp³-hybridized carbons (Fsp3) is 0.238. The number of hydrogen-bond acceptors (Lipinski definition) is 6. The van der Waals surface area contributed by atoms with Gasteiger partial charge in [-0.2, -0.15) is 0 Å². The Balaban J connectivity index is 0.000000382. The molecule has 7 nitrogen and oxygen atoms in total. The van der Waals surface area contributed by atoms with Gasteiger partial charge in [-0.3, -0.25) is 9.52 Å². The third-order valence-corrected chi connectivity index (χ3v) is 7.51. The molecule has 0 spiro atoms. The number of nitrogens with zero attached hydrogens (tertiary/aromatic N) is 2. The number of carbonyl (C=O) groups excluding carboxylic acids is 1. The van der Waals surface area contributed by atoms with Gasteiger partial charge in [-0.05, 0) is 61.3 Å². The van der Waals surface area contributed by atoms with E-state index in [1.807, 2.05) is 12.1 Å². The van der Waals surface area contributed by atoms with E-state index in [0.29, 0.717) is 34.7 Å². The normalized spacial score (nSPS) is 13.6. The van der Waals surface area contributed by atoms with E-state index in [1.54, 1.807) is 28.5 Å². The van der Waals surface area contributed by atoms with Crippen molar-refractivity contribution >= 4 is 61.3 Å². The SMILES string of the molecule is NCCc1ccc(Cl)c(Cl)c1.O=C1CCCN1c1ccc(S(=O)(=O)Nc2nccs2)cc1.[HH].[HH]. The first-order valence-corrected chi connectivity index (χ1v) is 12.9. The molecule has 3 aromatic rings. The molecule has 174 valence electrons. The average molecular weight is 518 g/mol. The summed E-state index contributed by atoms with van der Waals surface area (Å²) in [5.74, 6) is 0.0755. The van der Waals surface area contributed by atoms with Crippen molar-refractivity contribution in [3.05, 3.63) is 69.7 Å². The van der Waals surface area contributed by atoms with Crippen LogP contribution in [-0.4, -0.2) is 32.4 Å². The van der Waals surface area contributed by atoms with Crippen molar-refractivity contribution in [1.29, 1.82) is 0 Å². The minimum Gasteiger partial charge on any atom is -0.330 e. The maximum absolute atomic E-state index is 12.2. The number of anilines is 2. The zero-order chi connectivity index (χ0) is 23.1. The van der Waals surface area contributed by atoms with Crippen LogP contribution in [0, 0.1) is 0 Å². The number of amides is 1. The average Bonchev–Trinajstić information content (AvgIpc) is 3.43. The van der Waals surface area contributed by atoms with E-state index in [1.165, 1.54) is 29.7 Å². The van der Waals surface area contributed by atoms with Crippen molar-refractivity contribution in [2.24, 2.45) is 5.73 Å². The predicted molar refractivity (Wildman–Crippen MR) is 134 cm³/mol. The number of nitrogens with two attached hydrogens (primary N) is 1. The molecule has 32 heavy (non-hydrogen) atoms. The molecule has 1 aliphatic heterocycles. The fourth-order valence-corrected chi connectivity index (χ4v) is 5.15. The van der Waals surface area contributed by atoms with Gasteiger partial charge in [0, 0.05) is 33.1 Å². The molecular formula is C21H26Cl2N4O3S2. The van der Waals surface area contributed by atoms with Crippen molar-refractivity contribution < 1.29 is 16.1 Å².